The molecule has 6 nitrogen and oxygen atoms in total. The second-order valence-corrected chi connectivity index (χ2v) is 3.43. The minimum Gasteiger partial charge on any atom is -0.394 e. The molecule has 0 aromatic heterocycles. The van der Waals surface area contributed by atoms with Crippen molar-refractivity contribution in [1.29, 1.82) is 0 Å². The number of rotatable bonds is 4. The van der Waals surface area contributed by atoms with Crippen molar-refractivity contribution in [2.75, 3.05) is 0 Å². The van der Waals surface area contributed by atoms with Crippen molar-refractivity contribution >= 4 is 23.9 Å². The number of hydrogen-bond acceptors (Lipinski definition) is 6. The van der Waals surface area contributed by atoms with Gasteiger partial charge in [0.15, 0.2) is 0 Å². The molecule has 0 aliphatic carbocycles. The van der Waals surface area contributed by atoms with Crippen molar-refractivity contribution in [3.05, 3.63) is 0 Å². The van der Waals surface area contributed by atoms with Gasteiger partial charge in [-0.25, -0.2) is 0 Å². The summed E-state index contributed by atoms with van der Waals surface area (Å²) in [6.07, 6.45) is 2.10. The summed E-state index contributed by atoms with van der Waals surface area (Å²) in [6.45, 7) is 6.10. The fourth-order valence-electron chi connectivity index (χ4n) is 0.840. The average molecular weight is 260 g/mol. The topological polar surface area (TPSA) is 86.7 Å². The van der Waals surface area contributed by atoms with E-state index in [0.29, 0.717) is 12.8 Å². The van der Waals surface area contributed by atoms with Gasteiger partial charge in [-0.15, -0.1) is 0 Å². The Labute approximate surface area is 107 Å². The van der Waals surface area contributed by atoms with Crippen LogP contribution in [-0.2, 0) is 28.7 Å². The molecule has 18 heavy (non-hydrogen) atoms. The van der Waals surface area contributed by atoms with Gasteiger partial charge in [0.05, 0.1) is 0 Å². The van der Waals surface area contributed by atoms with E-state index in [1.807, 2.05) is 13.8 Å². The fourth-order valence-corrected chi connectivity index (χ4v) is 0.840. The Bertz CT molecular complexity index is 267. The second kappa shape index (κ2) is 11.8. The van der Waals surface area contributed by atoms with Crippen LogP contribution in [-0.4, -0.2) is 23.9 Å². The lowest BCUT2D eigenvalue weighted by molar-refractivity contribution is -0.160. The first-order valence-corrected chi connectivity index (χ1v) is 5.75. The Morgan fingerprint density at radius 3 is 1.22 bits per heavy atom. The molecule has 0 atom stereocenters. The van der Waals surface area contributed by atoms with Crippen LogP contribution < -0.4 is 0 Å². The molecule has 6 heteroatoms. The third-order valence-corrected chi connectivity index (χ3v) is 1.42. The van der Waals surface area contributed by atoms with Crippen LogP contribution in [0.3, 0.4) is 0 Å². The maximum atomic E-state index is 10.7. The van der Waals surface area contributed by atoms with Crippen LogP contribution in [0.15, 0.2) is 0 Å². The molecule has 0 unspecified atom stereocenters. The first kappa shape index (κ1) is 18.6. The maximum Gasteiger partial charge on any atom is 0.313 e. The van der Waals surface area contributed by atoms with E-state index in [1.54, 1.807) is 0 Å². The van der Waals surface area contributed by atoms with Gasteiger partial charge in [0.2, 0.25) is 0 Å². The Kier molecular flexibility index (Phi) is 12.2. The predicted octanol–water partition coefficient (Wildman–Crippen LogP) is 1.75. The molecule has 0 aromatic carbocycles. The largest absolute Gasteiger partial charge is 0.394 e. The summed E-state index contributed by atoms with van der Waals surface area (Å²) in [4.78, 5) is 41.0. The van der Waals surface area contributed by atoms with Crippen LogP contribution in [0.1, 0.15) is 53.4 Å². The number of esters is 4. The number of ether oxygens (including phenoxy) is 2. The van der Waals surface area contributed by atoms with Crippen molar-refractivity contribution in [2.24, 2.45) is 0 Å². The van der Waals surface area contributed by atoms with Crippen molar-refractivity contribution < 1.29 is 28.7 Å². The highest BCUT2D eigenvalue weighted by Crippen LogP contribution is 1.95. The van der Waals surface area contributed by atoms with E-state index in [4.69, 9.17) is 0 Å². The molecular formula is C12H20O6. The number of carbonyl (C=O) groups is 4. The smallest absolute Gasteiger partial charge is 0.313 e. The van der Waals surface area contributed by atoms with Gasteiger partial charge in [-0.3, -0.25) is 19.2 Å². The number of carbonyl (C=O) groups excluding carboxylic acids is 4. The second-order valence-electron chi connectivity index (χ2n) is 3.43. The molecule has 0 radical (unpaired) electrons. The predicted molar refractivity (Wildman–Crippen MR) is 63.4 cm³/mol. The molecule has 0 rings (SSSR count). The zero-order valence-electron chi connectivity index (χ0n) is 11.3. The Morgan fingerprint density at radius 2 is 1.06 bits per heavy atom. The molecule has 0 heterocycles. The van der Waals surface area contributed by atoms with Crippen molar-refractivity contribution in [3.8, 4) is 0 Å². The highest BCUT2D eigenvalue weighted by atomic mass is 16.6. The Hall–Kier alpha value is -1.72. The first-order chi connectivity index (χ1) is 8.33. The van der Waals surface area contributed by atoms with Crippen LogP contribution in [0.5, 0.6) is 0 Å². The van der Waals surface area contributed by atoms with E-state index in [2.05, 4.69) is 9.47 Å². The zero-order chi connectivity index (χ0) is 14.6. The van der Waals surface area contributed by atoms with Crippen LogP contribution in [0, 0.1) is 0 Å². The summed E-state index contributed by atoms with van der Waals surface area (Å²) in [6, 6.07) is 0. The molecule has 0 amide bonds. The average Bonchev–Trinajstić information content (AvgIpc) is 2.16. The number of hydrogen-bond donors (Lipinski definition) is 0. The van der Waals surface area contributed by atoms with Gasteiger partial charge in [0.1, 0.15) is 0 Å². The summed E-state index contributed by atoms with van der Waals surface area (Å²) in [5.41, 5.74) is 0. The van der Waals surface area contributed by atoms with Gasteiger partial charge in [0, 0.05) is 26.7 Å². The van der Waals surface area contributed by atoms with E-state index in [-0.39, 0.29) is 0 Å². The fraction of sp³-hybridized carbons (Fsp3) is 0.667. The van der Waals surface area contributed by atoms with Crippen LogP contribution >= 0.6 is 0 Å². The van der Waals surface area contributed by atoms with Gasteiger partial charge < -0.3 is 9.47 Å². The van der Waals surface area contributed by atoms with Gasteiger partial charge in [0.25, 0.3) is 0 Å². The monoisotopic (exact) mass is 260 g/mol. The minimum atomic E-state index is -0.562. The molecule has 0 fully saturated rings. The van der Waals surface area contributed by atoms with Crippen LogP contribution in [0.25, 0.3) is 0 Å². The molecule has 0 saturated heterocycles. The molecule has 0 N–H and O–H groups in total. The Balaban J connectivity index is 0. The van der Waals surface area contributed by atoms with Crippen molar-refractivity contribution in [1.82, 2.24) is 0 Å². The van der Waals surface area contributed by atoms with E-state index < -0.39 is 23.9 Å². The lowest BCUT2D eigenvalue weighted by Crippen LogP contribution is -2.10. The Morgan fingerprint density at radius 1 is 0.722 bits per heavy atom. The third-order valence-electron chi connectivity index (χ3n) is 1.42. The molecule has 0 saturated carbocycles. The van der Waals surface area contributed by atoms with Gasteiger partial charge >= 0.3 is 23.9 Å². The van der Waals surface area contributed by atoms with E-state index in [1.165, 1.54) is 13.8 Å². The molecule has 0 bridgehead atoms. The first-order valence-electron chi connectivity index (χ1n) is 5.75. The summed E-state index contributed by atoms with van der Waals surface area (Å²) in [7, 11) is 0. The lowest BCUT2D eigenvalue weighted by atomic mass is 10.3. The SMILES string of the molecule is CC(=O)OC(C)=O.CCCC(=O)OC(=O)CCC. The summed E-state index contributed by atoms with van der Waals surface area (Å²) in [5, 5.41) is 0. The highest BCUT2D eigenvalue weighted by molar-refractivity contribution is 5.85. The van der Waals surface area contributed by atoms with Crippen molar-refractivity contribution in [3.63, 3.8) is 0 Å². The van der Waals surface area contributed by atoms with E-state index in [0.717, 1.165) is 12.8 Å². The quantitative estimate of drug-likeness (QED) is 0.565. The zero-order valence-corrected chi connectivity index (χ0v) is 11.3. The third kappa shape index (κ3) is 16.7. The highest BCUT2D eigenvalue weighted by Gasteiger charge is 2.06. The molecule has 0 aromatic rings. The minimum absolute atomic E-state index is 0.329. The molecular weight excluding hydrogens is 240 g/mol. The van der Waals surface area contributed by atoms with Crippen LogP contribution in [0.2, 0.25) is 0 Å². The molecule has 0 spiro atoms. The van der Waals surface area contributed by atoms with Gasteiger partial charge in [-0.05, 0) is 12.8 Å². The molecule has 0 aliphatic heterocycles. The van der Waals surface area contributed by atoms with Crippen LogP contribution in [0.4, 0.5) is 0 Å². The standard InChI is InChI=1S/C8H14O3.C4H6O3/c1-3-5-7(9)11-8(10)6-4-2;1-3(5)7-4(2)6/h3-6H2,1-2H3;1-2H3. The maximum absolute atomic E-state index is 10.7. The summed E-state index contributed by atoms with van der Waals surface area (Å²) in [5.74, 6) is -1.95. The lowest BCUT2D eigenvalue weighted by Gasteiger charge is -1.98. The summed E-state index contributed by atoms with van der Waals surface area (Å²) < 4.78 is 8.43. The van der Waals surface area contributed by atoms with Gasteiger partial charge in [-0.2, -0.15) is 0 Å². The van der Waals surface area contributed by atoms with Gasteiger partial charge in [-0.1, -0.05) is 13.8 Å². The summed E-state index contributed by atoms with van der Waals surface area (Å²) >= 11 is 0. The van der Waals surface area contributed by atoms with E-state index in [9.17, 15) is 19.2 Å². The molecule has 104 valence electrons. The molecule has 0 aliphatic rings. The normalized spacial score (nSPS) is 8.67. The van der Waals surface area contributed by atoms with Crippen molar-refractivity contribution in [2.45, 2.75) is 53.4 Å². The van der Waals surface area contributed by atoms with E-state index >= 15 is 0 Å².